The lowest BCUT2D eigenvalue weighted by Crippen LogP contribution is -2.23. The molecule has 1 aliphatic heterocycles. The fourth-order valence-electron chi connectivity index (χ4n) is 3.70. The summed E-state index contributed by atoms with van der Waals surface area (Å²) in [5, 5.41) is 12.2. The van der Waals surface area contributed by atoms with Gasteiger partial charge in [-0.05, 0) is 43.2 Å². The molecule has 3 aromatic carbocycles. The maximum absolute atomic E-state index is 12.9. The van der Waals surface area contributed by atoms with Crippen molar-refractivity contribution in [2.45, 2.75) is 30.8 Å². The second-order valence-corrected chi connectivity index (χ2v) is 9.32. The van der Waals surface area contributed by atoms with E-state index in [9.17, 15) is 4.79 Å². The highest BCUT2D eigenvalue weighted by Crippen LogP contribution is 2.34. The number of aryl methyl sites for hydroxylation is 1. The maximum atomic E-state index is 12.9. The predicted octanol–water partition coefficient (Wildman–Crippen LogP) is 5.15. The van der Waals surface area contributed by atoms with Gasteiger partial charge < -0.3 is 14.8 Å². The summed E-state index contributed by atoms with van der Waals surface area (Å²) < 4.78 is 13.0. The van der Waals surface area contributed by atoms with Crippen LogP contribution in [0.15, 0.2) is 78.0 Å². The van der Waals surface area contributed by atoms with E-state index in [1.54, 1.807) is 0 Å². The first-order chi connectivity index (χ1) is 16.6. The lowest BCUT2D eigenvalue weighted by molar-refractivity contribution is -0.115. The Hall–Kier alpha value is -3.78. The number of anilines is 1. The van der Waals surface area contributed by atoms with E-state index in [1.807, 2.05) is 91.2 Å². The molecule has 34 heavy (non-hydrogen) atoms. The summed E-state index contributed by atoms with van der Waals surface area (Å²) in [5.41, 5.74) is 3.82. The second kappa shape index (κ2) is 9.61. The number of fused-ring (bicyclic) bond motifs is 1. The molecule has 0 radical (unpaired) electrons. The summed E-state index contributed by atoms with van der Waals surface area (Å²) in [6, 6.07) is 23.5. The van der Waals surface area contributed by atoms with E-state index in [0.717, 1.165) is 39.7 Å². The molecule has 1 amide bonds. The van der Waals surface area contributed by atoms with E-state index < -0.39 is 0 Å². The molecule has 1 atom stereocenters. The van der Waals surface area contributed by atoms with Gasteiger partial charge >= 0.3 is 0 Å². The highest BCUT2D eigenvalue weighted by molar-refractivity contribution is 8.00. The molecule has 1 N–H and O–H groups in total. The Labute approximate surface area is 202 Å². The number of thioether (sulfide) groups is 1. The Morgan fingerprint density at radius 1 is 1.03 bits per heavy atom. The van der Waals surface area contributed by atoms with Crippen molar-refractivity contribution in [1.82, 2.24) is 14.8 Å². The average molecular weight is 473 g/mol. The smallest absolute Gasteiger partial charge is 0.237 e. The molecule has 1 aliphatic rings. The summed E-state index contributed by atoms with van der Waals surface area (Å²) in [6.45, 7) is 4.61. The van der Waals surface area contributed by atoms with Crippen LogP contribution in [-0.4, -0.2) is 32.7 Å². The standard InChI is InChI=1S/C26H24N4O3S/c1-17-8-6-7-11-21(17)27-25(31)18(2)34-26-29-28-24(20-9-4-3-5-10-20)30(26)15-19-12-13-22-23(14-19)33-16-32-22/h3-14,18H,15-16H2,1-2H3,(H,27,31). The minimum atomic E-state index is -0.372. The molecule has 0 saturated heterocycles. The van der Waals surface area contributed by atoms with Gasteiger partial charge in [0.25, 0.3) is 0 Å². The molecule has 172 valence electrons. The normalized spacial score (nSPS) is 13.0. The Kier molecular flexibility index (Phi) is 6.22. The van der Waals surface area contributed by atoms with Gasteiger partial charge in [0.15, 0.2) is 22.5 Å². The highest BCUT2D eigenvalue weighted by atomic mass is 32.2. The van der Waals surface area contributed by atoms with Crippen LogP contribution in [0.25, 0.3) is 11.4 Å². The lowest BCUT2D eigenvalue weighted by atomic mass is 10.2. The van der Waals surface area contributed by atoms with Crippen LogP contribution in [0.3, 0.4) is 0 Å². The molecular formula is C26H24N4O3S. The molecule has 0 aliphatic carbocycles. The lowest BCUT2D eigenvalue weighted by Gasteiger charge is -2.15. The molecule has 0 spiro atoms. The molecule has 0 fully saturated rings. The zero-order valence-electron chi connectivity index (χ0n) is 18.9. The van der Waals surface area contributed by atoms with Crippen molar-refractivity contribution in [2.75, 3.05) is 12.1 Å². The number of amides is 1. The van der Waals surface area contributed by atoms with Crippen molar-refractivity contribution in [2.24, 2.45) is 0 Å². The molecule has 7 nitrogen and oxygen atoms in total. The minimum absolute atomic E-state index is 0.0850. The van der Waals surface area contributed by atoms with Gasteiger partial charge in [0.2, 0.25) is 12.7 Å². The van der Waals surface area contributed by atoms with Crippen LogP contribution in [0.2, 0.25) is 0 Å². The summed E-state index contributed by atoms with van der Waals surface area (Å²) >= 11 is 1.38. The third-order valence-electron chi connectivity index (χ3n) is 5.58. The second-order valence-electron chi connectivity index (χ2n) is 8.01. The van der Waals surface area contributed by atoms with Gasteiger partial charge in [0.1, 0.15) is 0 Å². The summed E-state index contributed by atoms with van der Waals surface area (Å²) in [4.78, 5) is 12.9. The van der Waals surface area contributed by atoms with E-state index in [1.165, 1.54) is 11.8 Å². The molecule has 2 heterocycles. The molecule has 1 aromatic heterocycles. The topological polar surface area (TPSA) is 78.3 Å². The van der Waals surface area contributed by atoms with Crippen molar-refractivity contribution in [3.8, 4) is 22.9 Å². The van der Waals surface area contributed by atoms with Crippen LogP contribution < -0.4 is 14.8 Å². The van der Waals surface area contributed by atoms with Crippen LogP contribution in [0, 0.1) is 6.92 Å². The van der Waals surface area contributed by atoms with Crippen molar-refractivity contribution in [3.63, 3.8) is 0 Å². The number of nitrogens with zero attached hydrogens (tertiary/aromatic N) is 3. The van der Waals surface area contributed by atoms with E-state index in [-0.39, 0.29) is 18.0 Å². The van der Waals surface area contributed by atoms with E-state index in [4.69, 9.17) is 9.47 Å². The van der Waals surface area contributed by atoms with Crippen LogP contribution in [0.1, 0.15) is 18.1 Å². The van der Waals surface area contributed by atoms with Gasteiger partial charge in [-0.1, -0.05) is 66.4 Å². The summed E-state index contributed by atoms with van der Waals surface area (Å²) in [5.74, 6) is 2.13. The van der Waals surface area contributed by atoms with Gasteiger partial charge in [-0.3, -0.25) is 9.36 Å². The molecule has 8 heteroatoms. The fraction of sp³-hybridized carbons (Fsp3) is 0.192. The molecule has 4 aromatic rings. The van der Waals surface area contributed by atoms with E-state index >= 15 is 0 Å². The minimum Gasteiger partial charge on any atom is -0.454 e. The maximum Gasteiger partial charge on any atom is 0.237 e. The first-order valence-electron chi connectivity index (χ1n) is 11.0. The molecule has 0 saturated carbocycles. The third-order valence-corrected chi connectivity index (χ3v) is 6.66. The van der Waals surface area contributed by atoms with Gasteiger partial charge in [-0.15, -0.1) is 10.2 Å². The molecule has 1 unspecified atom stereocenters. The average Bonchev–Trinajstić information content (AvgIpc) is 3.48. The third kappa shape index (κ3) is 4.63. The van der Waals surface area contributed by atoms with Crippen molar-refractivity contribution < 1.29 is 14.3 Å². The zero-order chi connectivity index (χ0) is 23.5. The number of para-hydroxylation sites is 1. The SMILES string of the molecule is Cc1ccccc1NC(=O)C(C)Sc1nnc(-c2ccccc2)n1Cc1ccc2c(c1)OCO2. The number of rotatable bonds is 7. The van der Waals surface area contributed by atoms with Crippen LogP contribution in [-0.2, 0) is 11.3 Å². The zero-order valence-corrected chi connectivity index (χ0v) is 19.7. The van der Waals surface area contributed by atoms with Crippen molar-refractivity contribution >= 4 is 23.4 Å². The largest absolute Gasteiger partial charge is 0.454 e. The first-order valence-corrected chi connectivity index (χ1v) is 11.9. The van der Waals surface area contributed by atoms with Crippen LogP contribution in [0.5, 0.6) is 11.5 Å². The Morgan fingerprint density at radius 2 is 1.79 bits per heavy atom. The van der Waals surface area contributed by atoms with Gasteiger partial charge in [-0.2, -0.15) is 0 Å². The van der Waals surface area contributed by atoms with E-state index in [0.29, 0.717) is 11.7 Å². The van der Waals surface area contributed by atoms with Gasteiger partial charge in [0.05, 0.1) is 11.8 Å². The number of hydrogen-bond donors (Lipinski definition) is 1. The number of carbonyl (C=O) groups excluding carboxylic acids is 1. The number of ether oxygens (including phenoxy) is 2. The molecule has 5 rings (SSSR count). The van der Waals surface area contributed by atoms with E-state index in [2.05, 4.69) is 15.5 Å². The number of aromatic nitrogens is 3. The van der Waals surface area contributed by atoms with Gasteiger partial charge in [-0.25, -0.2) is 0 Å². The Balaban J connectivity index is 1.42. The summed E-state index contributed by atoms with van der Waals surface area (Å²) in [6.07, 6.45) is 0. The molecule has 0 bridgehead atoms. The molecular weight excluding hydrogens is 448 g/mol. The fourth-order valence-corrected chi connectivity index (χ4v) is 4.55. The van der Waals surface area contributed by atoms with Crippen LogP contribution in [0.4, 0.5) is 5.69 Å². The summed E-state index contributed by atoms with van der Waals surface area (Å²) in [7, 11) is 0. The highest BCUT2D eigenvalue weighted by Gasteiger charge is 2.22. The number of hydrogen-bond acceptors (Lipinski definition) is 6. The Morgan fingerprint density at radius 3 is 2.62 bits per heavy atom. The van der Waals surface area contributed by atoms with Crippen molar-refractivity contribution in [1.29, 1.82) is 0 Å². The number of carbonyl (C=O) groups is 1. The quantitative estimate of drug-likeness (QED) is 0.375. The first kappa shape index (κ1) is 22.0. The monoisotopic (exact) mass is 472 g/mol. The number of benzene rings is 3. The van der Waals surface area contributed by atoms with Crippen LogP contribution >= 0.6 is 11.8 Å². The predicted molar refractivity (Wildman–Crippen MR) is 132 cm³/mol. The van der Waals surface area contributed by atoms with Gasteiger partial charge in [0, 0.05) is 11.3 Å². The Bertz CT molecular complexity index is 1320. The van der Waals surface area contributed by atoms with Crippen molar-refractivity contribution in [3.05, 3.63) is 83.9 Å². The number of nitrogens with one attached hydrogen (secondary N) is 1.